The summed E-state index contributed by atoms with van der Waals surface area (Å²) in [5.74, 6) is -2.61. The molecular weight excluding hydrogens is 579 g/mol. The van der Waals surface area contributed by atoms with Gasteiger partial charge in [0, 0.05) is 56.4 Å². The molecule has 1 aromatic carbocycles. The topological polar surface area (TPSA) is 156 Å². The van der Waals surface area contributed by atoms with E-state index in [1.165, 1.54) is 15.8 Å². The number of amides is 3. The highest BCUT2D eigenvalue weighted by Crippen LogP contribution is 2.36. The second kappa shape index (κ2) is 10.3. The van der Waals surface area contributed by atoms with Gasteiger partial charge in [-0.15, -0.1) is 0 Å². The van der Waals surface area contributed by atoms with Gasteiger partial charge in [0.25, 0.3) is 11.8 Å². The van der Waals surface area contributed by atoms with Gasteiger partial charge in [-0.05, 0) is 36.4 Å². The van der Waals surface area contributed by atoms with Crippen molar-refractivity contribution in [2.24, 2.45) is 4.99 Å². The van der Waals surface area contributed by atoms with Crippen LogP contribution in [0.5, 0.6) is 0 Å². The standard InChI is InChI=1S/C26H24F3N7O5S/c1-30-10-15-3-8-19(31-11-15)36-22(32-20(37)12-42(2,40)41)21-18(34-36)9-25(33-23(21)38)13-35(14-25)24(39)16-4-6-17(7-5-16)26(27,28)29/h3-8,10-11H,9,12-14H2,1-2H3,(H,32,37)(H,33,38)/b30-10+. The van der Waals surface area contributed by atoms with Crippen LogP contribution in [0.2, 0.25) is 0 Å². The van der Waals surface area contributed by atoms with E-state index in [0.717, 1.165) is 30.5 Å². The number of benzene rings is 1. The molecule has 3 amide bonds. The van der Waals surface area contributed by atoms with E-state index >= 15 is 0 Å². The number of aliphatic imine (C=N–C) groups is 1. The first-order chi connectivity index (χ1) is 19.7. The second-order valence-electron chi connectivity index (χ2n) is 10.2. The Morgan fingerprint density at radius 3 is 2.43 bits per heavy atom. The summed E-state index contributed by atoms with van der Waals surface area (Å²) in [6.07, 6.45) is -0.387. The fourth-order valence-corrected chi connectivity index (χ4v) is 5.48. The molecule has 1 spiro atoms. The van der Waals surface area contributed by atoms with E-state index in [2.05, 4.69) is 25.7 Å². The van der Waals surface area contributed by atoms with Gasteiger partial charge < -0.3 is 15.5 Å². The SMILES string of the molecule is C/N=C/c1ccc(-n2nc3c(c2NC(=O)CS(C)(=O)=O)C(=O)NC2(C3)CN(C(=O)c3ccc(C(F)(F)F)cc3)C2)nc1. The van der Waals surface area contributed by atoms with Gasteiger partial charge in [0.05, 0.1) is 16.8 Å². The van der Waals surface area contributed by atoms with E-state index in [4.69, 9.17) is 0 Å². The number of halogens is 3. The molecule has 0 aliphatic carbocycles. The summed E-state index contributed by atoms with van der Waals surface area (Å²) >= 11 is 0. The number of fused-ring (bicyclic) bond motifs is 1. The molecule has 220 valence electrons. The summed E-state index contributed by atoms with van der Waals surface area (Å²) < 4.78 is 63.3. The zero-order chi connectivity index (χ0) is 30.4. The molecule has 0 saturated carbocycles. The lowest BCUT2D eigenvalue weighted by Gasteiger charge is -2.51. The first kappa shape index (κ1) is 28.9. The molecule has 16 heteroatoms. The third-order valence-electron chi connectivity index (χ3n) is 6.72. The summed E-state index contributed by atoms with van der Waals surface area (Å²) in [4.78, 5) is 48.5. The van der Waals surface area contributed by atoms with Crippen molar-refractivity contribution in [1.82, 2.24) is 25.0 Å². The molecule has 4 heterocycles. The van der Waals surface area contributed by atoms with Crippen molar-refractivity contribution in [3.63, 3.8) is 0 Å². The van der Waals surface area contributed by atoms with Gasteiger partial charge in [-0.3, -0.25) is 19.4 Å². The number of hydrogen-bond acceptors (Lipinski definition) is 8. The van der Waals surface area contributed by atoms with Crippen molar-refractivity contribution >= 4 is 39.6 Å². The Morgan fingerprint density at radius 2 is 1.86 bits per heavy atom. The molecule has 1 saturated heterocycles. The molecule has 2 aliphatic heterocycles. The van der Waals surface area contributed by atoms with Crippen LogP contribution < -0.4 is 10.6 Å². The summed E-state index contributed by atoms with van der Waals surface area (Å²) in [6, 6.07) is 7.15. The number of nitrogens with zero attached hydrogens (tertiary/aromatic N) is 5. The van der Waals surface area contributed by atoms with Gasteiger partial charge in [-0.25, -0.2) is 13.4 Å². The Balaban J connectivity index is 1.41. The predicted molar refractivity (Wildman–Crippen MR) is 144 cm³/mol. The molecular formula is C26H24F3N7O5S. The minimum absolute atomic E-state index is 0.0241. The third-order valence-corrected chi connectivity index (χ3v) is 7.51. The van der Waals surface area contributed by atoms with E-state index in [0.29, 0.717) is 5.56 Å². The molecule has 5 rings (SSSR count). The Bertz CT molecular complexity index is 1710. The van der Waals surface area contributed by atoms with Crippen LogP contribution in [0, 0.1) is 0 Å². The number of likely N-dealkylation sites (tertiary alicyclic amines) is 1. The highest BCUT2D eigenvalue weighted by Gasteiger charge is 2.51. The fraction of sp³-hybridized carbons (Fsp3) is 0.308. The van der Waals surface area contributed by atoms with Crippen LogP contribution in [-0.4, -0.2) is 89.7 Å². The maximum Gasteiger partial charge on any atom is 0.416 e. The van der Waals surface area contributed by atoms with Crippen molar-refractivity contribution in [3.8, 4) is 5.82 Å². The maximum atomic E-state index is 13.4. The zero-order valence-electron chi connectivity index (χ0n) is 22.3. The average Bonchev–Trinajstić information content (AvgIpc) is 3.24. The number of rotatable bonds is 6. The van der Waals surface area contributed by atoms with E-state index in [1.807, 2.05) is 0 Å². The largest absolute Gasteiger partial charge is 0.416 e. The van der Waals surface area contributed by atoms with E-state index in [1.54, 1.807) is 25.4 Å². The Labute approximate surface area is 237 Å². The number of carbonyl (C=O) groups excluding carboxylic acids is 3. The molecule has 0 radical (unpaired) electrons. The van der Waals surface area contributed by atoms with Gasteiger partial charge >= 0.3 is 6.18 Å². The molecule has 0 atom stereocenters. The molecule has 2 N–H and O–H groups in total. The lowest BCUT2D eigenvalue weighted by molar-refractivity contribution is -0.137. The van der Waals surface area contributed by atoms with Gasteiger partial charge in [-0.2, -0.15) is 23.0 Å². The quantitative estimate of drug-likeness (QED) is 0.405. The minimum atomic E-state index is -4.53. The van der Waals surface area contributed by atoms with Crippen LogP contribution in [0.3, 0.4) is 0 Å². The number of nitrogens with one attached hydrogen (secondary N) is 2. The Morgan fingerprint density at radius 1 is 1.17 bits per heavy atom. The highest BCUT2D eigenvalue weighted by atomic mass is 32.2. The third kappa shape index (κ3) is 5.74. The monoisotopic (exact) mass is 603 g/mol. The summed E-state index contributed by atoms with van der Waals surface area (Å²) in [7, 11) is -2.08. The lowest BCUT2D eigenvalue weighted by atomic mass is 9.80. The first-order valence-corrected chi connectivity index (χ1v) is 14.5. The second-order valence-corrected chi connectivity index (χ2v) is 12.3. The maximum absolute atomic E-state index is 13.4. The number of alkyl halides is 3. The van der Waals surface area contributed by atoms with Crippen LogP contribution in [0.15, 0.2) is 47.6 Å². The minimum Gasteiger partial charge on any atom is -0.342 e. The highest BCUT2D eigenvalue weighted by molar-refractivity contribution is 7.91. The predicted octanol–water partition coefficient (Wildman–Crippen LogP) is 1.50. The number of pyridine rings is 1. The van der Waals surface area contributed by atoms with E-state index in [9.17, 15) is 36.0 Å². The van der Waals surface area contributed by atoms with Crippen LogP contribution in [0.1, 0.15) is 37.5 Å². The van der Waals surface area contributed by atoms with Crippen LogP contribution in [0.4, 0.5) is 19.0 Å². The number of hydrogen-bond donors (Lipinski definition) is 2. The van der Waals surface area contributed by atoms with E-state index < -0.39 is 50.6 Å². The number of anilines is 1. The number of carbonyl (C=O) groups is 3. The van der Waals surface area contributed by atoms with Crippen LogP contribution in [-0.2, 0) is 27.2 Å². The van der Waals surface area contributed by atoms with Crippen molar-refractivity contribution in [2.45, 2.75) is 18.1 Å². The molecule has 12 nitrogen and oxygen atoms in total. The number of aromatic nitrogens is 3. The van der Waals surface area contributed by atoms with Gasteiger partial charge in [0.2, 0.25) is 5.91 Å². The van der Waals surface area contributed by atoms with Crippen molar-refractivity contribution in [2.75, 3.05) is 37.5 Å². The summed E-state index contributed by atoms with van der Waals surface area (Å²) in [6.45, 7) is 0.147. The fourth-order valence-electron chi connectivity index (χ4n) is 4.93. The molecule has 42 heavy (non-hydrogen) atoms. The molecule has 2 aromatic heterocycles. The zero-order valence-corrected chi connectivity index (χ0v) is 23.1. The first-order valence-electron chi connectivity index (χ1n) is 12.5. The van der Waals surface area contributed by atoms with Gasteiger partial charge in [0.1, 0.15) is 11.3 Å². The van der Waals surface area contributed by atoms with Gasteiger partial charge in [-0.1, -0.05) is 0 Å². The van der Waals surface area contributed by atoms with E-state index in [-0.39, 0.29) is 48.0 Å². The van der Waals surface area contributed by atoms with Gasteiger partial charge in [0.15, 0.2) is 21.5 Å². The average molecular weight is 604 g/mol. The summed E-state index contributed by atoms with van der Waals surface area (Å²) in [5, 5.41) is 9.86. The van der Waals surface area contributed by atoms with Crippen LogP contribution in [0.25, 0.3) is 5.82 Å². The Kier molecular flexibility index (Phi) is 7.12. The molecule has 0 unspecified atom stereocenters. The smallest absolute Gasteiger partial charge is 0.342 e. The summed E-state index contributed by atoms with van der Waals surface area (Å²) in [5.41, 5.74) is -0.697. The normalized spacial score (nSPS) is 16.2. The van der Waals surface area contributed by atoms with Crippen molar-refractivity contribution in [3.05, 3.63) is 70.5 Å². The Hall–Kier alpha value is -4.60. The molecule has 3 aromatic rings. The molecule has 1 fully saturated rings. The van der Waals surface area contributed by atoms with Crippen LogP contribution >= 0.6 is 0 Å². The molecule has 2 aliphatic rings. The van der Waals surface area contributed by atoms with Crippen molar-refractivity contribution < 1.29 is 36.0 Å². The lowest BCUT2D eigenvalue weighted by Crippen LogP contribution is -2.73. The number of sulfone groups is 1. The molecule has 0 bridgehead atoms. The van der Waals surface area contributed by atoms with Crippen molar-refractivity contribution in [1.29, 1.82) is 0 Å².